The van der Waals surface area contributed by atoms with Crippen LogP contribution in [0.3, 0.4) is 0 Å². The minimum Gasteiger partial charge on any atom is -0.465 e. The molecule has 1 N–H and O–H groups in total. The van der Waals surface area contributed by atoms with Gasteiger partial charge in [-0.05, 0) is 42.0 Å². The van der Waals surface area contributed by atoms with Crippen LogP contribution in [0.5, 0.6) is 0 Å². The summed E-state index contributed by atoms with van der Waals surface area (Å²) in [5, 5.41) is 3.14. The molecule has 0 saturated heterocycles. The summed E-state index contributed by atoms with van der Waals surface area (Å²) in [4.78, 5) is 11.6. The number of methoxy groups -OCH3 is 1. The van der Waals surface area contributed by atoms with Crippen LogP contribution in [0, 0.1) is 11.6 Å². The van der Waals surface area contributed by atoms with E-state index in [1.807, 2.05) is 0 Å². The third-order valence-electron chi connectivity index (χ3n) is 2.79. The number of benzene rings is 2. The molecule has 0 radical (unpaired) electrons. The molecule has 0 saturated carbocycles. The SMILES string of the molecule is COC(=O)c1ccc(F)cc1NCc1cc(F)cc(Cl)c1. The fourth-order valence-corrected chi connectivity index (χ4v) is 2.11. The van der Waals surface area contributed by atoms with Gasteiger partial charge in [0.2, 0.25) is 0 Å². The van der Waals surface area contributed by atoms with E-state index in [4.69, 9.17) is 11.6 Å². The Morgan fingerprint density at radius 3 is 2.62 bits per heavy atom. The molecule has 0 amide bonds. The van der Waals surface area contributed by atoms with E-state index < -0.39 is 17.6 Å². The quantitative estimate of drug-likeness (QED) is 0.867. The molecule has 0 heterocycles. The first kappa shape index (κ1) is 15.3. The zero-order valence-corrected chi connectivity index (χ0v) is 11.9. The summed E-state index contributed by atoms with van der Waals surface area (Å²) >= 11 is 5.76. The van der Waals surface area contributed by atoms with Crippen molar-refractivity contribution < 1.29 is 18.3 Å². The lowest BCUT2D eigenvalue weighted by Gasteiger charge is -2.11. The Morgan fingerprint density at radius 2 is 1.95 bits per heavy atom. The number of rotatable bonds is 4. The van der Waals surface area contributed by atoms with Crippen LogP contribution in [-0.4, -0.2) is 13.1 Å². The predicted molar refractivity (Wildman–Crippen MR) is 76.5 cm³/mol. The second-order valence-electron chi connectivity index (χ2n) is 4.31. The number of nitrogens with one attached hydrogen (secondary N) is 1. The molecule has 6 heteroatoms. The van der Waals surface area contributed by atoms with E-state index in [9.17, 15) is 13.6 Å². The highest BCUT2D eigenvalue weighted by Gasteiger charge is 2.12. The van der Waals surface area contributed by atoms with Crippen molar-refractivity contribution in [1.29, 1.82) is 0 Å². The molecule has 0 aliphatic heterocycles. The molecule has 0 aliphatic carbocycles. The summed E-state index contributed by atoms with van der Waals surface area (Å²) in [6.07, 6.45) is 0. The predicted octanol–water partition coefficient (Wildman–Crippen LogP) is 4.02. The second kappa shape index (κ2) is 6.54. The first-order valence-corrected chi connectivity index (χ1v) is 6.44. The number of carbonyl (C=O) groups is 1. The molecule has 0 fully saturated rings. The van der Waals surface area contributed by atoms with Gasteiger partial charge in [-0.15, -0.1) is 0 Å². The first-order chi connectivity index (χ1) is 9.99. The normalized spacial score (nSPS) is 10.3. The van der Waals surface area contributed by atoms with Gasteiger partial charge < -0.3 is 10.1 Å². The van der Waals surface area contributed by atoms with Crippen molar-refractivity contribution >= 4 is 23.3 Å². The highest BCUT2D eigenvalue weighted by molar-refractivity contribution is 6.30. The number of hydrogen-bond donors (Lipinski definition) is 1. The fraction of sp³-hybridized carbons (Fsp3) is 0.133. The van der Waals surface area contributed by atoms with Gasteiger partial charge in [0, 0.05) is 11.6 Å². The number of hydrogen-bond acceptors (Lipinski definition) is 3. The molecule has 0 unspecified atom stereocenters. The van der Waals surface area contributed by atoms with Gasteiger partial charge in [0.25, 0.3) is 0 Å². The van der Waals surface area contributed by atoms with E-state index in [1.165, 1.54) is 31.4 Å². The smallest absolute Gasteiger partial charge is 0.339 e. The number of esters is 1. The van der Waals surface area contributed by atoms with Crippen LogP contribution in [0.15, 0.2) is 36.4 Å². The van der Waals surface area contributed by atoms with Crippen LogP contribution in [0.25, 0.3) is 0 Å². The van der Waals surface area contributed by atoms with E-state index in [0.29, 0.717) is 5.56 Å². The Labute approximate surface area is 125 Å². The summed E-state index contributed by atoms with van der Waals surface area (Å²) in [5.41, 5.74) is 1.03. The van der Waals surface area contributed by atoms with Crippen molar-refractivity contribution in [3.8, 4) is 0 Å². The molecule has 21 heavy (non-hydrogen) atoms. The highest BCUT2D eigenvalue weighted by Crippen LogP contribution is 2.20. The van der Waals surface area contributed by atoms with Crippen molar-refractivity contribution in [2.24, 2.45) is 0 Å². The lowest BCUT2D eigenvalue weighted by molar-refractivity contribution is 0.0601. The summed E-state index contributed by atoms with van der Waals surface area (Å²) in [6, 6.07) is 7.73. The lowest BCUT2D eigenvalue weighted by Crippen LogP contribution is -2.09. The number of anilines is 1. The molecule has 2 aromatic rings. The minimum atomic E-state index is -0.588. The number of halogens is 3. The van der Waals surface area contributed by atoms with Gasteiger partial charge >= 0.3 is 5.97 Å². The molecule has 0 bridgehead atoms. The van der Waals surface area contributed by atoms with Gasteiger partial charge in [-0.1, -0.05) is 11.6 Å². The zero-order valence-electron chi connectivity index (χ0n) is 11.1. The minimum absolute atomic E-state index is 0.185. The maximum atomic E-state index is 13.3. The molecule has 0 aliphatic rings. The van der Waals surface area contributed by atoms with Crippen molar-refractivity contribution in [1.82, 2.24) is 0 Å². The van der Waals surface area contributed by atoms with Crippen LogP contribution >= 0.6 is 11.6 Å². The maximum absolute atomic E-state index is 13.3. The lowest BCUT2D eigenvalue weighted by atomic mass is 10.1. The van der Waals surface area contributed by atoms with E-state index in [1.54, 1.807) is 6.07 Å². The molecule has 2 aromatic carbocycles. The summed E-state index contributed by atoms with van der Waals surface area (Å²) in [7, 11) is 1.24. The second-order valence-corrected chi connectivity index (χ2v) is 4.75. The van der Waals surface area contributed by atoms with Gasteiger partial charge in [0.05, 0.1) is 18.4 Å². The third kappa shape index (κ3) is 3.92. The van der Waals surface area contributed by atoms with Crippen LogP contribution < -0.4 is 5.32 Å². The Bertz CT molecular complexity index is 656. The molecule has 0 spiro atoms. The molecular weight excluding hydrogens is 300 g/mol. The molecular formula is C15H12ClF2NO2. The van der Waals surface area contributed by atoms with Crippen LogP contribution in [0.2, 0.25) is 5.02 Å². The molecule has 0 aromatic heterocycles. The average molecular weight is 312 g/mol. The van der Waals surface area contributed by atoms with Crippen molar-refractivity contribution in [3.05, 3.63) is 64.2 Å². The summed E-state index contributed by atoms with van der Waals surface area (Å²) < 4.78 is 31.2. The van der Waals surface area contributed by atoms with Gasteiger partial charge in [-0.2, -0.15) is 0 Å². The van der Waals surface area contributed by atoms with Gasteiger partial charge in [0.1, 0.15) is 11.6 Å². The monoisotopic (exact) mass is 311 g/mol. The van der Waals surface area contributed by atoms with E-state index in [-0.39, 0.29) is 22.8 Å². The molecule has 2 rings (SSSR count). The Morgan fingerprint density at radius 1 is 1.19 bits per heavy atom. The first-order valence-electron chi connectivity index (χ1n) is 6.06. The molecule has 110 valence electrons. The third-order valence-corrected chi connectivity index (χ3v) is 3.01. The Hall–Kier alpha value is -2.14. The highest BCUT2D eigenvalue weighted by atomic mass is 35.5. The Kier molecular flexibility index (Phi) is 4.75. The summed E-state index contributed by atoms with van der Waals surface area (Å²) in [6.45, 7) is 0.185. The van der Waals surface area contributed by atoms with Gasteiger partial charge in [0.15, 0.2) is 0 Å². The number of carbonyl (C=O) groups excluding carboxylic acids is 1. The topological polar surface area (TPSA) is 38.3 Å². The molecule has 3 nitrogen and oxygen atoms in total. The van der Waals surface area contributed by atoms with Crippen LogP contribution in [0.1, 0.15) is 15.9 Å². The standard InChI is InChI=1S/C15H12ClF2NO2/c1-21-15(20)13-3-2-11(17)7-14(13)19-8-9-4-10(16)6-12(18)5-9/h2-7,19H,8H2,1H3. The Balaban J connectivity index is 2.22. The van der Waals surface area contributed by atoms with E-state index in [2.05, 4.69) is 10.1 Å². The van der Waals surface area contributed by atoms with Crippen molar-refractivity contribution in [3.63, 3.8) is 0 Å². The largest absolute Gasteiger partial charge is 0.465 e. The zero-order chi connectivity index (χ0) is 15.4. The average Bonchev–Trinajstić information content (AvgIpc) is 2.43. The van der Waals surface area contributed by atoms with Crippen molar-refractivity contribution in [2.75, 3.05) is 12.4 Å². The number of ether oxygens (including phenoxy) is 1. The van der Waals surface area contributed by atoms with Gasteiger partial charge in [-0.25, -0.2) is 13.6 Å². The molecule has 0 atom stereocenters. The van der Waals surface area contributed by atoms with Crippen LogP contribution in [0.4, 0.5) is 14.5 Å². The maximum Gasteiger partial charge on any atom is 0.339 e. The van der Waals surface area contributed by atoms with Crippen LogP contribution in [-0.2, 0) is 11.3 Å². The van der Waals surface area contributed by atoms with E-state index in [0.717, 1.165) is 6.07 Å². The van der Waals surface area contributed by atoms with Gasteiger partial charge in [-0.3, -0.25) is 0 Å². The summed E-state index contributed by atoms with van der Waals surface area (Å²) in [5.74, 6) is -1.55. The fourth-order valence-electron chi connectivity index (χ4n) is 1.86. The van der Waals surface area contributed by atoms with E-state index >= 15 is 0 Å². The van der Waals surface area contributed by atoms with Crippen molar-refractivity contribution in [2.45, 2.75) is 6.54 Å².